The minimum Gasteiger partial charge on any atom is -0.469 e. The molecule has 3 heteroatoms. The van der Waals surface area contributed by atoms with Gasteiger partial charge in [-0.25, -0.2) is 0 Å². The fourth-order valence-corrected chi connectivity index (χ4v) is 2.08. The summed E-state index contributed by atoms with van der Waals surface area (Å²) in [6, 6.07) is 2.35. The minimum absolute atomic E-state index is 0.238. The average molecular weight is 221 g/mol. The van der Waals surface area contributed by atoms with Gasteiger partial charge in [0, 0.05) is 6.42 Å². The highest BCUT2D eigenvalue weighted by atomic mass is 16.5. The van der Waals surface area contributed by atoms with Crippen LogP contribution in [0.2, 0.25) is 0 Å². The summed E-state index contributed by atoms with van der Waals surface area (Å²) in [6.45, 7) is 1.92. The lowest BCUT2D eigenvalue weighted by Crippen LogP contribution is -2.20. The molecule has 0 spiro atoms. The third-order valence-electron chi connectivity index (χ3n) is 3.30. The average Bonchev–Trinajstić information content (AvgIpc) is 2.36. The number of allylic oxidation sites excluding steroid dienone is 2. The second kappa shape index (κ2) is 5.69. The van der Waals surface area contributed by atoms with Crippen LogP contribution in [-0.4, -0.2) is 13.1 Å². The zero-order valence-corrected chi connectivity index (χ0v) is 10.1. The summed E-state index contributed by atoms with van der Waals surface area (Å²) in [5, 5.41) is 9.28. The highest BCUT2D eigenvalue weighted by Crippen LogP contribution is 2.37. The highest BCUT2D eigenvalue weighted by molar-refractivity contribution is 5.69. The van der Waals surface area contributed by atoms with E-state index in [1.807, 2.05) is 6.92 Å². The molecule has 0 radical (unpaired) electrons. The molecule has 1 aliphatic rings. The van der Waals surface area contributed by atoms with Crippen LogP contribution < -0.4 is 0 Å². The van der Waals surface area contributed by atoms with E-state index >= 15 is 0 Å². The van der Waals surface area contributed by atoms with Crippen LogP contribution in [0.3, 0.4) is 0 Å². The number of carbonyl (C=O) groups excluding carboxylic acids is 1. The van der Waals surface area contributed by atoms with Crippen LogP contribution in [0, 0.1) is 16.7 Å². The molecular weight excluding hydrogens is 202 g/mol. The Bertz CT molecular complexity index is 327. The smallest absolute Gasteiger partial charge is 0.305 e. The number of rotatable bonds is 4. The van der Waals surface area contributed by atoms with Crippen molar-refractivity contribution in [2.45, 2.75) is 45.4 Å². The fourth-order valence-electron chi connectivity index (χ4n) is 2.08. The van der Waals surface area contributed by atoms with Gasteiger partial charge in [0.2, 0.25) is 0 Å². The van der Waals surface area contributed by atoms with Gasteiger partial charge < -0.3 is 4.74 Å². The summed E-state index contributed by atoms with van der Waals surface area (Å²) in [5.41, 5.74) is 0.708. The minimum atomic E-state index is -0.491. The molecule has 0 heterocycles. The van der Waals surface area contributed by atoms with Crippen LogP contribution in [0.4, 0.5) is 0 Å². The molecule has 1 unspecified atom stereocenters. The lowest BCUT2D eigenvalue weighted by atomic mass is 9.75. The van der Waals surface area contributed by atoms with Crippen molar-refractivity contribution >= 4 is 5.97 Å². The van der Waals surface area contributed by atoms with E-state index in [9.17, 15) is 10.1 Å². The van der Waals surface area contributed by atoms with E-state index in [1.54, 1.807) is 0 Å². The largest absolute Gasteiger partial charge is 0.469 e. The molecule has 1 aliphatic carbocycles. The number of ether oxygens (including phenoxy) is 1. The lowest BCUT2D eigenvalue weighted by Gasteiger charge is -2.27. The van der Waals surface area contributed by atoms with Gasteiger partial charge in [0.25, 0.3) is 0 Å². The predicted molar refractivity (Wildman–Crippen MR) is 61.5 cm³/mol. The normalized spacial score (nSPS) is 19.2. The molecule has 0 aromatic heterocycles. The Hall–Kier alpha value is -1.30. The van der Waals surface area contributed by atoms with E-state index in [0.717, 1.165) is 19.3 Å². The second-order valence-corrected chi connectivity index (χ2v) is 4.50. The molecule has 0 amide bonds. The van der Waals surface area contributed by atoms with Crippen molar-refractivity contribution in [3.05, 3.63) is 11.6 Å². The second-order valence-electron chi connectivity index (χ2n) is 4.50. The van der Waals surface area contributed by atoms with E-state index in [4.69, 9.17) is 0 Å². The number of hydrogen-bond acceptors (Lipinski definition) is 3. The van der Waals surface area contributed by atoms with Gasteiger partial charge in [-0.3, -0.25) is 4.79 Å². The quantitative estimate of drug-likeness (QED) is 0.541. The first-order valence-electron chi connectivity index (χ1n) is 5.80. The number of esters is 1. The van der Waals surface area contributed by atoms with Gasteiger partial charge in [-0.05, 0) is 39.0 Å². The van der Waals surface area contributed by atoms with Crippen molar-refractivity contribution in [3.8, 4) is 6.07 Å². The van der Waals surface area contributed by atoms with Crippen LogP contribution in [0.1, 0.15) is 45.4 Å². The monoisotopic (exact) mass is 221 g/mol. The zero-order valence-electron chi connectivity index (χ0n) is 10.1. The maximum atomic E-state index is 11.1. The standard InChI is InChI=1S/C13H19NO2/c1-13(10-14,9-8-12(15)16-2)11-6-4-3-5-7-11/h6H,3-5,7-9H2,1-2H3. The van der Waals surface area contributed by atoms with Gasteiger partial charge in [-0.15, -0.1) is 0 Å². The molecule has 1 atom stereocenters. The van der Waals surface area contributed by atoms with Crippen molar-refractivity contribution < 1.29 is 9.53 Å². The summed E-state index contributed by atoms with van der Waals surface area (Å²) in [4.78, 5) is 11.1. The topological polar surface area (TPSA) is 50.1 Å². The third-order valence-corrected chi connectivity index (χ3v) is 3.30. The number of carbonyl (C=O) groups is 1. The first-order valence-corrected chi connectivity index (χ1v) is 5.80. The van der Waals surface area contributed by atoms with Crippen LogP contribution in [0.5, 0.6) is 0 Å². The first-order chi connectivity index (χ1) is 7.62. The van der Waals surface area contributed by atoms with Crippen molar-refractivity contribution in [2.75, 3.05) is 7.11 Å². The first kappa shape index (κ1) is 12.8. The molecular formula is C13H19NO2. The van der Waals surface area contributed by atoms with Gasteiger partial charge in [-0.1, -0.05) is 11.6 Å². The molecule has 0 fully saturated rings. The zero-order chi connectivity index (χ0) is 12.0. The van der Waals surface area contributed by atoms with Gasteiger partial charge >= 0.3 is 5.97 Å². The Labute approximate surface area is 97.1 Å². The predicted octanol–water partition coefficient (Wildman–Crippen LogP) is 2.97. The lowest BCUT2D eigenvalue weighted by molar-refractivity contribution is -0.141. The van der Waals surface area contributed by atoms with E-state index < -0.39 is 5.41 Å². The Morgan fingerprint density at radius 1 is 1.62 bits per heavy atom. The van der Waals surface area contributed by atoms with E-state index in [0.29, 0.717) is 12.8 Å². The number of nitrogens with zero attached hydrogens (tertiary/aromatic N) is 1. The third kappa shape index (κ3) is 3.10. The van der Waals surface area contributed by atoms with E-state index in [1.165, 1.54) is 19.1 Å². The fraction of sp³-hybridized carbons (Fsp3) is 0.692. The molecule has 0 saturated carbocycles. The van der Waals surface area contributed by atoms with Crippen LogP contribution in [-0.2, 0) is 9.53 Å². The van der Waals surface area contributed by atoms with E-state index in [2.05, 4.69) is 16.9 Å². The van der Waals surface area contributed by atoms with Crippen LogP contribution >= 0.6 is 0 Å². The van der Waals surface area contributed by atoms with E-state index in [-0.39, 0.29) is 5.97 Å². The SMILES string of the molecule is COC(=O)CCC(C)(C#N)C1=CCCCC1. The molecule has 0 aromatic carbocycles. The maximum Gasteiger partial charge on any atom is 0.305 e. The molecule has 1 rings (SSSR count). The molecule has 3 nitrogen and oxygen atoms in total. The summed E-state index contributed by atoms with van der Waals surface area (Å²) in [5.74, 6) is -0.238. The van der Waals surface area contributed by atoms with Crippen molar-refractivity contribution in [1.29, 1.82) is 5.26 Å². The Kier molecular flexibility index (Phi) is 4.54. The summed E-state index contributed by atoms with van der Waals surface area (Å²) < 4.78 is 4.61. The maximum absolute atomic E-state index is 11.1. The molecule has 88 valence electrons. The molecule has 0 aromatic rings. The number of hydrogen-bond donors (Lipinski definition) is 0. The van der Waals surface area contributed by atoms with Gasteiger partial charge in [-0.2, -0.15) is 5.26 Å². The summed E-state index contributed by atoms with van der Waals surface area (Å²) in [7, 11) is 1.38. The Morgan fingerprint density at radius 3 is 2.88 bits per heavy atom. The number of methoxy groups -OCH3 is 1. The Balaban J connectivity index is 2.66. The summed E-state index contributed by atoms with van der Waals surface area (Å²) >= 11 is 0. The van der Waals surface area contributed by atoms with Crippen molar-refractivity contribution in [2.24, 2.45) is 5.41 Å². The molecule has 16 heavy (non-hydrogen) atoms. The molecule has 0 bridgehead atoms. The summed E-state index contributed by atoms with van der Waals surface area (Å²) in [6.07, 6.45) is 7.46. The molecule has 0 aliphatic heterocycles. The number of nitriles is 1. The Morgan fingerprint density at radius 2 is 2.38 bits per heavy atom. The van der Waals surface area contributed by atoms with Crippen LogP contribution in [0.15, 0.2) is 11.6 Å². The van der Waals surface area contributed by atoms with Crippen molar-refractivity contribution in [1.82, 2.24) is 0 Å². The van der Waals surface area contributed by atoms with Gasteiger partial charge in [0.1, 0.15) is 0 Å². The van der Waals surface area contributed by atoms with Gasteiger partial charge in [0.15, 0.2) is 0 Å². The highest BCUT2D eigenvalue weighted by Gasteiger charge is 2.30. The molecule has 0 N–H and O–H groups in total. The van der Waals surface area contributed by atoms with Crippen molar-refractivity contribution in [3.63, 3.8) is 0 Å². The van der Waals surface area contributed by atoms with Crippen LogP contribution in [0.25, 0.3) is 0 Å². The van der Waals surface area contributed by atoms with Gasteiger partial charge in [0.05, 0.1) is 18.6 Å². The molecule has 0 saturated heterocycles.